The van der Waals surface area contributed by atoms with Gasteiger partial charge in [0.05, 0.1) is 32.7 Å². The van der Waals surface area contributed by atoms with Gasteiger partial charge in [-0.1, -0.05) is 0 Å². The van der Waals surface area contributed by atoms with E-state index < -0.39 is 0 Å². The van der Waals surface area contributed by atoms with Crippen molar-refractivity contribution in [3.8, 4) is 10.6 Å². The van der Waals surface area contributed by atoms with Gasteiger partial charge in [-0.25, -0.2) is 4.98 Å². The molecule has 0 bridgehead atoms. The van der Waals surface area contributed by atoms with E-state index in [0.717, 1.165) is 69.3 Å². The minimum atomic E-state index is 0.0122. The van der Waals surface area contributed by atoms with Crippen molar-refractivity contribution in [2.75, 3.05) is 18.4 Å². The molecule has 0 saturated carbocycles. The number of hydrogen-bond donors (Lipinski definition) is 2. The van der Waals surface area contributed by atoms with Gasteiger partial charge >= 0.3 is 0 Å². The van der Waals surface area contributed by atoms with E-state index in [0.29, 0.717) is 5.82 Å². The van der Waals surface area contributed by atoms with E-state index in [1.54, 1.807) is 17.5 Å². The van der Waals surface area contributed by atoms with Gasteiger partial charge in [0, 0.05) is 48.6 Å². The van der Waals surface area contributed by atoms with E-state index in [1.807, 2.05) is 28.8 Å². The van der Waals surface area contributed by atoms with Crippen LogP contribution in [-0.4, -0.2) is 43.4 Å². The Hall–Kier alpha value is -3.65. The number of fused-ring (bicyclic) bond motifs is 2. The second kappa shape index (κ2) is 7.74. The number of likely N-dealkylation sites (tertiary alicyclic amines) is 1. The molecule has 2 N–H and O–H groups in total. The molecule has 8 heteroatoms. The molecule has 1 aromatic carbocycles. The molecule has 1 fully saturated rings. The zero-order valence-corrected chi connectivity index (χ0v) is 19.4. The largest absolute Gasteiger partial charge is 0.359 e. The second-order valence-corrected chi connectivity index (χ2v) is 9.64. The monoisotopic (exact) mass is 456 g/mol. The summed E-state index contributed by atoms with van der Waals surface area (Å²) in [5.74, 6) is 0.504. The van der Waals surface area contributed by atoms with Crippen LogP contribution in [0.1, 0.15) is 29.2 Å². The molecule has 1 amide bonds. The summed E-state index contributed by atoms with van der Waals surface area (Å²) in [6, 6.07) is 12.5. The number of nitrogens with zero attached hydrogens (tertiary/aromatic N) is 4. The Kier molecular flexibility index (Phi) is 4.69. The first-order chi connectivity index (χ1) is 16.1. The highest BCUT2D eigenvalue weighted by molar-refractivity contribution is 7.22. The molecule has 1 aliphatic rings. The minimum Gasteiger partial charge on any atom is -0.359 e. The summed E-state index contributed by atoms with van der Waals surface area (Å²) in [4.78, 5) is 28.2. The van der Waals surface area contributed by atoms with Crippen molar-refractivity contribution in [2.24, 2.45) is 7.05 Å². The highest BCUT2D eigenvalue weighted by Crippen LogP contribution is 2.38. The van der Waals surface area contributed by atoms with Crippen LogP contribution in [0.4, 0.5) is 11.4 Å². The fourth-order valence-corrected chi connectivity index (χ4v) is 5.70. The number of pyridine rings is 1. The normalized spacial score (nSPS) is 13.9. The number of thiophene rings is 1. The number of carbonyl (C=O) groups is 1. The predicted molar refractivity (Wildman–Crippen MR) is 133 cm³/mol. The number of nitrogens with one attached hydrogen (secondary N) is 2. The van der Waals surface area contributed by atoms with Crippen LogP contribution in [-0.2, 0) is 7.05 Å². The molecule has 4 aromatic heterocycles. The lowest BCUT2D eigenvalue weighted by molar-refractivity contribution is 0.0777. The third kappa shape index (κ3) is 3.47. The number of aromatic amines is 1. The van der Waals surface area contributed by atoms with Crippen LogP contribution in [0.2, 0.25) is 0 Å². The summed E-state index contributed by atoms with van der Waals surface area (Å²) in [6.07, 6.45) is 5.75. The van der Waals surface area contributed by atoms with Gasteiger partial charge in [0.25, 0.3) is 5.91 Å². The maximum Gasteiger partial charge on any atom is 0.289 e. The smallest absolute Gasteiger partial charge is 0.289 e. The van der Waals surface area contributed by atoms with E-state index in [-0.39, 0.29) is 5.91 Å². The van der Waals surface area contributed by atoms with Crippen LogP contribution in [0.25, 0.3) is 31.7 Å². The quantitative estimate of drug-likeness (QED) is 0.376. The summed E-state index contributed by atoms with van der Waals surface area (Å²) in [6.45, 7) is 3.70. The number of anilines is 2. The van der Waals surface area contributed by atoms with E-state index in [1.165, 1.54) is 5.39 Å². The highest BCUT2D eigenvalue weighted by Gasteiger charge is 2.24. The average Bonchev–Trinajstić information content (AvgIpc) is 3.58. The Labute approximate surface area is 195 Å². The fourth-order valence-electron chi connectivity index (χ4n) is 4.57. The molecule has 33 heavy (non-hydrogen) atoms. The number of rotatable bonds is 4. The van der Waals surface area contributed by atoms with Gasteiger partial charge in [-0.2, -0.15) is 0 Å². The Morgan fingerprint density at radius 1 is 1.12 bits per heavy atom. The first kappa shape index (κ1) is 20.0. The first-order valence-corrected chi connectivity index (χ1v) is 11.9. The Morgan fingerprint density at radius 3 is 2.82 bits per heavy atom. The zero-order chi connectivity index (χ0) is 22.5. The maximum absolute atomic E-state index is 12.9. The molecule has 7 nitrogen and oxygen atoms in total. The van der Waals surface area contributed by atoms with E-state index in [4.69, 9.17) is 0 Å². The van der Waals surface area contributed by atoms with Crippen LogP contribution in [0.3, 0.4) is 0 Å². The number of H-pyrrole nitrogens is 1. The fraction of sp³-hybridized carbons (Fsp3) is 0.240. The van der Waals surface area contributed by atoms with Crippen molar-refractivity contribution in [2.45, 2.75) is 19.8 Å². The summed E-state index contributed by atoms with van der Waals surface area (Å²) < 4.78 is 2.98. The van der Waals surface area contributed by atoms with E-state index in [2.05, 4.69) is 57.5 Å². The molecule has 0 spiro atoms. The lowest BCUT2D eigenvalue weighted by atomic mass is 10.2. The van der Waals surface area contributed by atoms with Gasteiger partial charge in [0.2, 0.25) is 0 Å². The summed E-state index contributed by atoms with van der Waals surface area (Å²) >= 11 is 1.66. The topological polar surface area (TPSA) is 78.8 Å². The third-order valence-electron chi connectivity index (χ3n) is 6.27. The maximum atomic E-state index is 12.9. The van der Waals surface area contributed by atoms with Crippen LogP contribution in [0, 0.1) is 6.92 Å². The number of amides is 1. The number of aromatic nitrogens is 4. The van der Waals surface area contributed by atoms with Crippen LogP contribution in [0.5, 0.6) is 0 Å². The summed E-state index contributed by atoms with van der Waals surface area (Å²) in [5, 5.41) is 4.74. The number of hydrogen-bond acceptors (Lipinski definition) is 5. The molecular weight excluding hydrogens is 432 g/mol. The summed E-state index contributed by atoms with van der Waals surface area (Å²) in [5.41, 5.74) is 6.17. The molecule has 5 heterocycles. The number of carbonyl (C=O) groups excluding carboxylic acids is 1. The van der Waals surface area contributed by atoms with Crippen molar-refractivity contribution in [3.63, 3.8) is 0 Å². The SMILES string of the molecule is Cc1cc2cc(Nc3ccnc4cc(-c5cnc(C(=O)N6CCCC6)n5C)sc34)ccc2[nH]1. The lowest BCUT2D eigenvalue weighted by Gasteiger charge is -2.14. The van der Waals surface area contributed by atoms with E-state index >= 15 is 0 Å². The Morgan fingerprint density at radius 2 is 1.97 bits per heavy atom. The minimum absolute atomic E-state index is 0.0122. The van der Waals surface area contributed by atoms with Gasteiger partial charge < -0.3 is 19.8 Å². The molecule has 0 radical (unpaired) electrons. The predicted octanol–water partition coefficient (Wildman–Crippen LogP) is 5.47. The van der Waals surface area contributed by atoms with Gasteiger partial charge in [-0.3, -0.25) is 9.78 Å². The summed E-state index contributed by atoms with van der Waals surface area (Å²) in [7, 11) is 1.91. The molecule has 5 aromatic rings. The number of imidazole rings is 1. The molecule has 6 rings (SSSR count). The van der Waals surface area contributed by atoms with Crippen molar-refractivity contribution < 1.29 is 4.79 Å². The van der Waals surface area contributed by atoms with Gasteiger partial charge in [-0.15, -0.1) is 11.3 Å². The Bertz CT molecular complexity index is 1500. The van der Waals surface area contributed by atoms with Crippen LogP contribution < -0.4 is 5.32 Å². The van der Waals surface area contributed by atoms with Gasteiger partial charge in [0.1, 0.15) is 0 Å². The van der Waals surface area contributed by atoms with Crippen molar-refractivity contribution >= 4 is 49.7 Å². The first-order valence-electron chi connectivity index (χ1n) is 11.1. The average molecular weight is 457 g/mol. The number of aryl methyl sites for hydroxylation is 1. The van der Waals surface area contributed by atoms with Crippen molar-refractivity contribution in [3.05, 3.63) is 60.3 Å². The molecule has 1 saturated heterocycles. The molecular formula is C25H24N6OS. The zero-order valence-electron chi connectivity index (χ0n) is 18.6. The van der Waals surface area contributed by atoms with Crippen LogP contribution in [0.15, 0.2) is 48.8 Å². The molecule has 0 unspecified atom stereocenters. The number of benzene rings is 1. The van der Waals surface area contributed by atoms with Crippen LogP contribution >= 0.6 is 11.3 Å². The molecule has 166 valence electrons. The molecule has 0 aliphatic carbocycles. The van der Waals surface area contributed by atoms with Gasteiger partial charge in [-0.05, 0) is 56.2 Å². The van der Waals surface area contributed by atoms with E-state index in [9.17, 15) is 4.79 Å². The van der Waals surface area contributed by atoms with Crippen molar-refractivity contribution in [1.82, 2.24) is 24.4 Å². The Balaban J connectivity index is 1.34. The van der Waals surface area contributed by atoms with Gasteiger partial charge in [0.15, 0.2) is 5.82 Å². The third-order valence-corrected chi connectivity index (χ3v) is 7.45. The second-order valence-electron chi connectivity index (χ2n) is 8.59. The van der Waals surface area contributed by atoms with Crippen molar-refractivity contribution in [1.29, 1.82) is 0 Å². The molecule has 1 aliphatic heterocycles. The standard InChI is InChI=1S/C25H24N6OS/c1-15-11-16-12-17(5-6-18(16)28-15)29-19-7-8-26-20-13-22(33-23(19)20)21-14-27-24(30(21)2)25(32)31-9-3-4-10-31/h5-8,11-14,28H,3-4,9-10H2,1-2H3,(H,26,29). The highest BCUT2D eigenvalue weighted by atomic mass is 32.1. The molecule has 0 atom stereocenters. The lowest BCUT2D eigenvalue weighted by Crippen LogP contribution is -2.29.